The summed E-state index contributed by atoms with van der Waals surface area (Å²) >= 11 is 0. The van der Waals surface area contributed by atoms with Crippen LogP contribution in [0.4, 0.5) is 5.82 Å². The van der Waals surface area contributed by atoms with Crippen molar-refractivity contribution in [1.82, 2.24) is 14.9 Å². The van der Waals surface area contributed by atoms with Gasteiger partial charge in [0, 0.05) is 25.9 Å². The molecule has 26 heavy (non-hydrogen) atoms. The number of imidazole rings is 1. The van der Waals surface area contributed by atoms with E-state index in [1.807, 2.05) is 6.07 Å². The lowest BCUT2D eigenvalue weighted by Crippen LogP contribution is -2.37. The van der Waals surface area contributed by atoms with E-state index in [0.29, 0.717) is 24.7 Å². The molecule has 0 unspecified atom stereocenters. The molecule has 7 heteroatoms. The maximum atomic E-state index is 12.2. The molecular formula is C19H24N4O3. The molecule has 0 saturated heterocycles. The van der Waals surface area contributed by atoms with Crippen LogP contribution in [0.25, 0.3) is 0 Å². The van der Waals surface area contributed by atoms with Crippen molar-refractivity contribution in [3.05, 3.63) is 58.0 Å². The summed E-state index contributed by atoms with van der Waals surface area (Å²) in [5.41, 5.74) is 1.38. The zero-order valence-corrected chi connectivity index (χ0v) is 14.9. The van der Waals surface area contributed by atoms with Crippen molar-refractivity contribution in [2.45, 2.75) is 57.5 Å². The SMILES string of the molecule is Cc1nc([N+](=O)[O-])cn1CCC(=O)NC1CCC(c2ccccc2)CC1. The molecule has 1 aliphatic rings. The third-order valence-electron chi connectivity index (χ3n) is 5.09. The average Bonchev–Trinajstić information content (AvgIpc) is 3.02. The molecule has 1 aromatic carbocycles. The highest BCUT2D eigenvalue weighted by atomic mass is 16.6. The Labute approximate surface area is 152 Å². The molecule has 2 aromatic rings. The van der Waals surface area contributed by atoms with Gasteiger partial charge in [-0.25, -0.2) is 0 Å². The lowest BCUT2D eigenvalue weighted by Gasteiger charge is -2.29. The van der Waals surface area contributed by atoms with Crippen LogP contribution in [-0.2, 0) is 11.3 Å². The van der Waals surface area contributed by atoms with Crippen molar-refractivity contribution in [2.75, 3.05) is 0 Å². The number of amides is 1. The van der Waals surface area contributed by atoms with Crippen molar-refractivity contribution >= 4 is 11.7 Å². The van der Waals surface area contributed by atoms with Gasteiger partial charge in [-0.05, 0) is 47.1 Å². The van der Waals surface area contributed by atoms with E-state index in [9.17, 15) is 14.9 Å². The van der Waals surface area contributed by atoms with Crippen LogP contribution in [0.3, 0.4) is 0 Å². The molecule has 1 amide bonds. The number of hydrogen-bond acceptors (Lipinski definition) is 4. The number of nitrogens with zero attached hydrogens (tertiary/aromatic N) is 3. The largest absolute Gasteiger partial charge is 0.381 e. The van der Waals surface area contributed by atoms with Gasteiger partial charge >= 0.3 is 5.82 Å². The summed E-state index contributed by atoms with van der Waals surface area (Å²) in [6.07, 6.45) is 5.83. The molecule has 0 atom stereocenters. The van der Waals surface area contributed by atoms with Crippen LogP contribution < -0.4 is 5.32 Å². The molecule has 1 aromatic heterocycles. The quantitative estimate of drug-likeness (QED) is 0.635. The molecule has 1 N–H and O–H groups in total. The molecule has 3 rings (SSSR count). The van der Waals surface area contributed by atoms with Gasteiger partial charge in [-0.2, -0.15) is 0 Å². The van der Waals surface area contributed by atoms with E-state index < -0.39 is 4.92 Å². The summed E-state index contributed by atoms with van der Waals surface area (Å²) < 4.78 is 1.66. The molecular weight excluding hydrogens is 332 g/mol. The summed E-state index contributed by atoms with van der Waals surface area (Å²) in [7, 11) is 0. The molecule has 0 bridgehead atoms. The molecule has 1 aliphatic carbocycles. The zero-order chi connectivity index (χ0) is 18.5. The molecule has 1 fully saturated rings. The van der Waals surface area contributed by atoms with Gasteiger partial charge in [-0.1, -0.05) is 30.3 Å². The number of nitro groups is 1. The first-order chi connectivity index (χ1) is 12.5. The second-order valence-electron chi connectivity index (χ2n) is 6.87. The van der Waals surface area contributed by atoms with Gasteiger partial charge in [0.05, 0.1) is 0 Å². The normalized spacial score (nSPS) is 19.9. The molecule has 1 heterocycles. The second kappa shape index (κ2) is 8.12. The van der Waals surface area contributed by atoms with Crippen LogP contribution in [-0.4, -0.2) is 26.4 Å². The fourth-order valence-electron chi connectivity index (χ4n) is 3.62. The van der Waals surface area contributed by atoms with Crippen LogP contribution in [0.1, 0.15) is 49.4 Å². The number of hydrogen-bond donors (Lipinski definition) is 1. The van der Waals surface area contributed by atoms with Crippen LogP contribution in [0.2, 0.25) is 0 Å². The predicted molar refractivity (Wildman–Crippen MR) is 97.8 cm³/mol. The van der Waals surface area contributed by atoms with Crippen LogP contribution >= 0.6 is 0 Å². The minimum atomic E-state index is -0.519. The van der Waals surface area contributed by atoms with Crippen molar-refractivity contribution < 1.29 is 9.72 Å². The summed E-state index contributed by atoms with van der Waals surface area (Å²) in [5.74, 6) is 0.942. The summed E-state index contributed by atoms with van der Waals surface area (Å²) in [6, 6.07) is 10.8. The van der Waals surface area contributed by atoms with Crippen LogP contribution in [0.15, 0.2) is 36.5 Å². The van der Waals surface area contributed by atoms with E-state index in [1.165, 1.54) is 11.8 Å². The third-order valence-corrected chi connectivity index (χ3v) is 5.09. The highest BCUT2D eigenvalue weighted by Crippen LogP contribution is 2.32. The molecule has 0 radical (unpaired) electrons. The van der Waals surface area contributed by atoms with Gasteiger partial charge < -0.3 is 20.0 Å². The van der Waals surface area contributed by atoms with Crippen molar-refractivity contribution in [3.63, 3.8) is 0 Å². The second-order valence-corrected chi connectivity index (χ2v) is 6.87. The monoisotopic (exact) mass is 356 g/mol. The first-order valence-corrected chi connectivity index (χ1v) is 9.05. The van der Waals surface area contributed by atoms with Gasteiger partial charge in [0.25, 0.3) is 0 Å². The van der Waals surface area contributed by atoms with Crippen molar-refractivity contribution in [3.8, 4) is 0 Å². The minimum Gasteiger partial charge on any atom is -0.358 e. The number of aromatic nitrogens is 2. The van der Waals surface area contributed by atoms with Gasteiger partial charge in [0.15, 0.2) is 0 Å². The van der Waals surface area contributed by atoms with Crippen LogP contribution in [0, 0.1) is 17.0 Å². The number of nitrogens with one attached hydrogen (secondary N) is 1. The van der Waals surface area contributed by atoms with Gasteiger partial charge in [0.1, 0.15) is 6.20 Å². The first kappa shape index (κ1) is 18.1. The van der Waals surface area contributed by atoms with E-state index in [1.54, 1.807) is 11.5 Å². The lowest BCUT2D eigenvalue weighted by molar-refractivity contribution is -0.389. The molecule has 0 aliphatic heterocycles. The topological polar surface area (TPSA) is 90.1 Å². The van der Waals surface area contributed by atoms with Crippen molar-refractivity contribution in [1.29, 1.82) is 0 Å². The maximum Gasteiger partial charge on any atom is 0.381 e. The average molecular weight is 356 g/mol. The van der Waals surface area contributed by atoms with E-state index in [4.69, 9.17) is 0 Å². The number of carbonyl (C=O) groups excluding carboxylic acids is 1. The number of benzene rings is 1. The van der Waals surface area contributed by atoms with E-state index in [2.05, 4.69) is 34.6 Å². The van der Waals surface area contributed by atoms with Gasteiger partial charge in [-0.15, -0.1) is 0 Å². The van der Waals surface area contributed by atoms with E-state index in [-0.39, 0.29) is 17.8 Å². The van der Waals surface area contributed by atoms with E-state index >= 15 is 0 Å². The fourth-order valence-corrected chi connectivity index (χ4v) is 3.62. The Balaban J connectivity index is 1.44. The Morgan fingerprint density at radius 1 is 1.27 bits per heavy atom. The Kier molecular flexibility index (Phi) is 5.65. The summed E-state index contributed by atoms with van der Waals surface area (Å²) in [6.45, 7) is 2.10. The predicted octanol–water partition coefficient (Wildman–Crippen LogP) is 3.33. The highest BCUT2D eigenvalue weighted by molar-refractivity contribution is 5.76. The first-order valence-electron chi connectivity index (χ1n) is 9.05. The molecule has 0 spiro atoms. The Morgan fingerprint density at radius 2 is 1.96 bits per heavy atom. The Hall–Kier alpha value is -2.70. The van der Waals surface area contributed by atoms with Gasteiger partial charge in [0.2, 0.25) is 11.7 Å². The number of rotatable bonds is 6. The Morgan fingerprint density at radius 3 is 2.58 bits per heavy atom. The maximum absolute atomic E-state index is 12.2. The smallest absolute Gasteiger partial charge is 0.358 e. The zero-order valence-electron chi connectivity index (χ0n) is 14.9. The van der Waals surface area contributed by atoms with Gasteiger partial charge in [-0.3, -0.25) is 4.79 Å². The fraction of sp³-hybridized carbons (Fsp3) is 0.474. The Bertz CT molecular complexity index is 764. The third kappa shape index (κ3) is 4.47. The summed E-state index contributed by atoms with van der Waals surface area (Å²) in [5, 5.41) is 13.9. The molecule has 1 saturated carbocycles. The van der Waals surface area contributed by atoms with Crippen molar-refractivity contribution in [2.24, 2.45) is 0 Å². The summed E-state index contributed by atoms with van der Waals surface area (Å²) in [4.78, 5) is 26.3. The molecule has 7 nitrogen and oxygen atoms in total. The standard InChI is InChI=1S/C19H24N4O3/c1-14-20-18(23(25)26)13-22(14)12-11-19(24)21-17-9-7-16(8-10-17)15-5-3-2-4-6-15/h2-6,13,16-17H,7-12H2,1H3,(H,21,24). The minimum absolute atomic E-state index is 0.0103. The van der Waals surface area contributed by atoms with E-state index in [0.717, 1.165) is 25.7 Å². The lowest BCUT2D eigenvalue weighted by atomic mass is 9.82. The highest BCUT2D eigenvalue weighted by Gasteiger charge is 2.23. The number of aryl methyl sites for hydroxylation is 2. The number of carbonyl (C=O) groups is 1. The molecule has 138 valence electrons. The van der Waals surface area contributed by atoms with Crippen LogP contribution in [0.5, 0.6) is 0 Å².